The van der Waals surface area contributed by atoms with E-state index < -0.39 is 6.36 Å². The Kier molecular flexibility index (Phi) is 3.96. The lowest BCUT2D eigenvalue weighted by Crippen LogP contribution is -2.16. The summed E-state index contributed by atoms with van der Waals surface area (Å²) in [5.74, 6) is 0.165. The monoisotopic (exact) mass is 339 g/mol. The van der Waals surface area contributed by atoms with Crippen LogP contribution in [0.15, 0.2) is 48.5 Å². The minimum absolute atomic E-state index is 0.0724. The molecule has 0 bridgehead atoms. The van der Waals surface area contributed by atoms with Crippen LogP contribution in [0, 0.1) is 0 Å². The van der Waals surface area contributed by atoms with Crippen molar-refractivity contribution < 1.29 is 17.9 Å². The van der Waals surface area contributed by atoms with Gasteiger partial charge < -0.3 is 10.1 Å². The van der Waals surface area contributed by atoms with E-state index in [1.165, 1.54) is 24.3 Å². The number of para-hydroxylation sites is 1. The van der Waals surface area contributed by atoms with Crippen molar-refractivity contribution in [2.45, 2.75) is 6.36 Å². The first-order chi connectivity index (χ1) is 10.9. The van der Waals surface area contributed by atoms with E-state index in [1.54, 1.807) is 6.07 Å². The van der Waals surface area contributed by atoms with Crippen LogP contribution in [-0.2, 0) is 0 Å². The van der Waals surface area contributed by atoms with Crippen molar-refractivity contribution in [3.8, 4) is 5.75 Å². The van der Waals surface area contributed by atoms with Crippen LogP contribution >= 0.6 is 11.6 Å². The Morgan fingerprint density at radius 3 is 2.35 bits per heavy atom. The minimum atomic E-state index is -4.72. The number of fused-ring (bicyclic) bond motifs is 1. The Labute approximate surface area is 133 Å². The number of halogens is 4. The van der Waals surface area contributed by atoms with E-state index in [2.05, 4.69) is 20.0 Å². The highest BCUT2D eigenvalue weighted by Crippen LogP contribution is 2.27. The number of alkyl halides is 3. The minimum Gasteiger partial charge on any atom is -0.406 e. The topological polar surface area (TPSA) is 47.0 Å². The number of aromatic nitrogens is 2. The van der Waals surface area contributed by atoms with Gasteiger partial charge in [-0.2, -0.15) is 4.98 Å². The molecular weight excluding hydrogens is 331 g/mol. The molecular formula is C15H9ClF3N3O. The molecule has 0 amide bonds. The third-order valence-corrected chi connectivity index (χ3v) is 3.10. The third-order valence-electron chi connectivity index (χ3n) is 2.93. The van der Waals surface area contributed by atoms with Crippen molar-refractivity contribution >= 4 is 34.0 Å². The fourth-order valence-corrected chi connectivity index (χ4v) is 2.20. The van der Waals surface area contributed by atoms with E-state index in [0.717, 1.165) is 5.39 Å². The molecule has 0 unspecified atom stereocenters. The van der Waals surface area contributed by atoms with Gasteiger partial charge in [0.25, 0.3) is 0 Å². The van der Waals surface area contributed by atoms with Gasteiger partial charge in [-0.15, -0.1) is 13.2 Å². The molecule has 0 atom stereocenters. The number of rotatable bonds is 3. The molecule has 0 radical (unpaired) electrons. The third kappa shape index (κ3) is 3.81. The van der Waals surface area contributed by atoms with Gasteiger partial charge in [0, 0.05) is 11.1 Å². The molecule has 1 aromatic heterocycles. The molecule has 23 heavy (non-hydrogen) atoms. The highest BCUT2D eigenvalue weighted by atomic mass is 35.5. The lowest BCUT2D eigenvalue weighted by Gasteiger charge is -2.11. The van der Waals surface area contributed by atoms with E-state index in [4.69, 9.17) is 11.6 Å². The van der Waals surface area contributed by atoms with Crippen LogP contribution in [0.5, 0.6) is 5.75 Å². The van der Waals surface area contributed by atoms with Gasteiger partial charge in [0.1, 0.15) is 11.6 Å². The number of hydrogen-bond donors (Lipinski definition) is 1. The fraction of sp³-hybridized carbons (Fsp3) is 0.0667. The summed E-state index contributed by atoms with van der Waals surface area (Å²) < 4.78 is 40.2. The second-order valence-corrected chi connectivity index (χ2v) is 4.89. The maximum atomic E-state index is 12.1. The van der Waals surface area contributed by atoms with Gasteiger partial charge in [0.15, 0.2) is 0 Å². The Balaban J connectivity index is 1.88. The molecule has 0 aliphatic carbocycles. The first-order valence-corrected chi connectivity index (χ1v) is 6.84. The van der Waals surface area contributed by atoms with Crippen LogP contribution in [0.1, 0.15) is 0 Å². The summed E-state index contributed by atoms with van der Waals surface area (Å²) in [5.41, 5.74) is 1.20. The Bertz CT molecular complexity index is 837. The number of hydrogen-bond acceptors (Lipinski definition) is 4. The Morgan fingerprint density at radius 2 is 1.65 bits per heavy atom. The van der Waals surface area contributed by atoms with Crippen LogP contribution in [0.4, 0.5) is 24.7 Å². The van der Waals surface area contributed by atoms with Crippen LogP contribution in [-0.4, -0.2) is 16.3 Å². The Hall–Kier alpha value is -2.54. The number of benzene rings is 2. The van der Waals surface area contributed by atoms with Crippen molar-refractivity contribution in [2.24, 2.45) is 0 Å². The van der Waals surface area contributed by atoms with E-state index in [-0.39, 0.29) is 11.0 Å². The first kappa shape index (κ1) is 15.4. The van der Waals surface area contributed by atoms with Gasteiger partial charge in [-0.25, -0.2) is 4.98 Å². The molecule has 118 valence electrons. The van der Waals surface area contributed by atoms with Gasteiger partial charge in [0.2, 0.25) is 5.28 Å². The predicted octanol–water partition coefficient (Wildman–Crippen LogP) is 4.93. The molecule has 0 aliphatic rings. The maximum absolute atomic E-state index is 12.1. The SMILES string of the molecule is FC(F)(F)Oc1ccc(Nc2nc(Cl)nc3ccccc23)cc1. The number of nitrogens with zero attached hydrogens (tertiary/aromatic N) is 2. The molecule has 0 spiro atoms. The molecule has 0 saturated heterocycles. The summed E-state index contributed by atoms with van der Waals surface area (Å²) in [5, 5.41) is 3.82. The van der Waals surface area contributed by atoms with Gasteiger partial charge in [0.05, 0.1) is 5.52 Å². The normalized spacial score (nSPS) is 11.5. The molecule has 0 fully saturated rings. The second kappa shape index (κ2) is 5.92. The molecule has 0 saturated carbocycles. The van der Waals surface area contributed by atoms with Crippen LogP contribution in [0.25, 0.3) is 10.9 Å². The number of nitrogens with one attached hydrogen (secondary N) is 1. The van der Waals surface area contributed by atoms with Crippen LogP contribution in [0.2, 0.25) is 5.28 Å². The van der Waals surface area contributed by atoms with E-state index in [1.807, 2.05) is 18.2 Å². The van der Waals surface area contributed by atoms with Crippen molar-refractivity contribution in [2.75, 3.05) is 5.32 Å². The number of anilines is 2. The van der Waals surface area contributed by atoms with E-state index in [0.29, 0.717) is 17.0 Å². The Morgan fingerprint density at radius 1 is 0.957 bits per heavy atom. The highest BCUT2D eigenvalue weighted by molar-refractivity contribution is 6.28. The lowest BCUT2D eigenvalue weighted by atomic mass is 10.2. The summed E-state index contributed by atoms with van der Waals surface area (Å²) in [7, 11) is 0. The average Bonchev–Trinajstić information content (AvgIpc) is 2.47. The zero-order valence-corrected chi connectivity index (χ0v) is 12.2. The van der Waals surface area contributed by atoms with E-state index >= 15 is 0 Å². The van der Waals surface area contributed by atoms with Gasteiger partial charge in [-0.1, -0.05) is 12.1 Å². The molecule has 8 heteroatoms. The smallest absolute Gasteiger partial charge is 0.406 e. The standard InChI is InChI=1S/C15H9ClF3N3O/c16-14-21-12-4-2-1-3-11(12)13(22-14)20-9-5-7-10(8-6-9)23-15(17,18)19/h1-8H,(H,20,21,22). The molecule has 1 heterocycles. The molecule has 4 nitrogen and oxygen atoms in total. The molecule has 3 rings (SSSR count). The zero-order valence-electron chi connectivity index (χ0n) is 11.4. The quantitative estimate of drug-likeness (QED) is 0.688. The summed E-state index contributed by atoms with van der Waals surface area (Å²) in [6.07, 6.45) is -4.72. The van der Waals surface area contributed by atoms with Crippen molar-refractivity contribution in [3.63, 3.8) is 0 Å². The van der Waals surface area contributed by atoms with E-state index in [9.17, 15) is 13.2 Å². The van der Waals surface area contributed by atoms with Crippen molar-refractivity contribution in [1.82, 2.24) is 9.97 Å². The second-order valence-electron chi connectivity index (χ2n) is 4.56. The van der Waals surface area contributed by atoms with Gasteiger partial charge in [-0.3, -0.25) is 0 Å². The van der Waals surface area contributed by atoms with Gasteiger partial charge in [-0.05, 0) is 48.0 Å². The summed E-state index contributed by atoms with van der Waals surface area (Å²) in [6, 6.07) is 12.6. The highest BCUT2D eigenvalue weighted by Gasteiger charge is 2.30. The molecule has 1 N–H and O–H groups in total. The van der Waals surface area contributed by atoms with Crippen LogP contribution in [0.3, 0.4) is 0 Å². The summed E-state index contributed by atoms with van der Waals surface area (Å²) >= 11 is 5.88. The predicted molar refractivity (Wildman–Crippen MR) is 81.0 cm³/mol. The fourth-order valence-electron chi connectivity index (χ4n) is 2.02. The van der Waals surface area contributed by atoms with Crippen molar-refractivity contribution in [3.05, 3.63) is 53.8 Å². The maximum Gasteiger partial charge on any atom is 0.573 e. The molecule has 2 aromatic carbocycles. The van der Waals surface area contributed by atoms with Crippen LogP contribution < -0.4 is 10.1 Å². The average molecular weight is 340 g/mol. The zero-order chi connectivity index (χ0) is 16.4. The lowest BCUT2D eigenvalue weighted by molar-refractivity contribution is -0.274. The largest absolute Gasteiger partial charge is 0.573 e. The molecule has 3 aromatic rings. The van der Waals surface area contributed by atoms with Crippen molar-refractivity contribution in [1.29, 1.82) is 0 Å². The summed E-state index contributed by atoms with van der Waals surface area (Å²) in [4.78, 5) is 8.21. The van der Waals surface area contributed by atoms with Gasteiger partial charge >= 0.3 is 6.36 Å². The first-order valence-electron chi connectivity index (χ1n) is 6.46. The summed E-state index contributed by atoms with van der Waals surface area (Å²) in [6.45, 7) is 0. The molecule has 0 aliphatic heterocycles. The number of ether oxygens (including phenoxy) is 1.